The second kappa shape index (κ2) is 5.33. The summed E-state index contributed by atoms with van der Waals surface area (Å²) in [6.07, 6.45) is 2.67. The average Bonchev–Trinajstić information content (AvgIpc) is 2.85. The number of hydrazone groups is 1. The van der Waals surface area contributed by atoms with Gasteiger partial charge in [0.25, 0.3) is 5.91 Å². The van der Waals surface area contributed by atoms with Crippen molar-refractivity contribution in [1.29, 1.82) is 0 Å². The first-order valence-electron chi connectivity index (χ1n) is 7.98. The number of ether oxygens (including phenoxy) is 2. The number of rotatable bonds is 4. The quantitative estimate of drug-likeness (QED) is 0.522. The largest absolute Gasteiger partial charge is 0.496 e. The van der Waals surface area contributed by atoms with E-state index in [2.05, 4.69) is 10.5 Å². The highest BCUT2D eigenvalue weighted by Crippen LogP contribution is 2.65. The smallest absolute Gasteiger partial charge is 0.313 e. The lowest BCUT2D eigenvalue weighted by molar-refractivity contribution is -0.168. The maximum atomic E-state index is 12.7. The van der Waals surface area contributed by atoms with Crippen molar-refractivity contribution in [3.63, 3.8) is 0 Å². The maximum Gasteiger partial charge on any atom is 0.313 e. The lowest BCUT2D eigenvalue weighted by Gasteiger charge is -2.34. The van der Waals surface area contributed by atoms with E-state index in [-0.39, 0.29) is 11.9 Å². The van der Waals surface area contributed by atoms with Gasteiger partial charge in [-0.3, -0.25) is 9.59 Å². The van der Waals surface area contributed by atoms with Crippen molar-refractivity contribution in [2.75, 3.05) is 7.11 Å². The highest BCUT2D eigenvalue weighted by Gasteiger charge is 2.75. The van der Waals surface area contributed by atoms with Crippen LogP contribution in [0.3, 0.4) is 0 Å². The van der Waals surface area contributed by atoms with Gasteiger partial charge in [0.2, 0.25) is 0 Å². The standard InChI is InChI=1S/C18H22N2O4/c1-16(2)17(3)9-10-18(16,24-15(17)22)14(21)20-19-11-12-7-5-6-8-13(12)23-4/h5-8,11H,9-10H2,1-4H3,(H,20,21)/b19-11-/t17-,18-/m1/s1. The average molecular weight is 330 g/mol. The van der Waals surface area contributed by atoms with Crippen molar-refractivity contribution < 1.29 is 19.1 Å². The van der Waals surface area contributed by atoms with E-state index in [1.807, 2.05) is 45.0 Å². The number of esters is 1. The van der Waals surface area contributed by atoms with Crippen LogP contribution in [0, 0.1) is 10.8 Å². The van der Waals surface area contributed by atoms with Crippen LogP contribution in [0.2, 0.25) is 0 Å². The van der Waals surface area contributed by atoms with Crippen LogP contribution >= 0.6 is 0 Å². The van der Waals surface area contributed by atoms with Crippen LogP contribution in [0.4, 0.5) is 0 Å². The number of nitrogens with zero attached hydrogens (tertiary/aromatic N) is 1. The van der Waals surface area contributed by atoms with Crippen molar-refractivity contribution in [2.24, 2.45) is 15.9 Å². The highest BCUT2D eigenvalue weighted by atomic mass is 16.6. The molecule has 2 fully saturated rings. The number of carbonyl (C=O) groups excluding carboxylic acids is 2. The summed E-state index contributed by atoms with van der Waals surface area (Å²) in [6.45, 7) is 5.69. The van der Waals surface area contributed by atoms with E-state index in [0.717, 1.165) is 5.56 Å². The Bertz CT molecular complexity index is 727. The predicted molar refractivity (Wildman–Crippen MR) is 88.7 cm³/mol. The number of carbonyl (C=O) groups is 2. The van der Waals surface area contributed by atoms with Crippen LogP contribution in [0.5, 0.6) is 5.75 Å². The van der Waals surface area contributed by atoms with E-state index in [4.69, 9.17) is 9.47 Å². The van der Waals surface area contributed by atoms with Gasteiger partial charge in [-0.2, -0.15) is 5.10 Å². The first kappa shape index (κ1) is 16.5. The van der Waals surface area contributed by atoms with Gasteiger partial charge in [-0.25, -0.2) is 5.43 Å². The monoisotopic (exact) mass is 330 g/mol. The molecule has 1 aliphatic carbocycles. The molecule has 24 heavy (non-hydrogen) atoms. The summed E-state index contributed by atoms with van der Waals surface area (Å²) in [6, 6.07) is 7.35. The van der Waals surface area contributed by atoms with Crippen molar-refractivity contribution in [3.8, 4) is 5.75 Å². The van der Waals surface area contributed by atoms with Gasteiger partial charge in [-0.15, -0.1) is 0 Å². The molecule has 1 aromatic carbocycles. The maximum absolute atomic E-state index is 12.7. The summed E-state index contributed by atoms with van der Waals surface area (Å²) >= 11 is 0. The SMILES string of the molecule is COc1ccccc1/C=N\NC(=O)[C@@]12CC[C@](C)(C(=O)O1)C2(C)C. The number of hydrogen-bond acceptors (Lipinski definition) is 5. The Balaban J connectivity index is 1.79. The van der Waals surface area contributed by atoms with Crippen molar-refractivity contribution in [3.05, 3.63) is 29.8 Å². The fourth-order valence-corrected chi connectivity index (χ4v) is 3.77. The number of amides is 1. The van der Waals surface area contributed by atoms with E-state index in [1.165, 1.54) is 6.21 Å². The summed E-state index contributed by atoms with van der Waals surface area (Å²) in [4.78, 5) is 24.9. The number of para-hydroxylation sites is 1. The van der Waals surface area contributed by atoms with Crippen LogP contribution < -0.4 is 10.2 Å². The van der Waals surface area contributed by atoms with E-state index < -0.39 is 16.4 Å². The highest BCUT2D eigenvalue weighted by molar-refractivity contribution is 5.96. The molecule has 1 saturated heterocycles. The summed E-state index contributed by atoms with van der Waals surface area (Å²) in [7, 11) is 1.57. The fraction of sp³-hybridized carbons (Fsp3) is 0.500. The summed E-state index contributed by atoms with van der Waals surface area (Å²) < 4.78 is 10.8. The van der Waals surface area contributed by atoms with Gasteiger partial charge in [-0.05, 0) is 31.9 Å². The summed E-state index contributed by atoms with van der Waals surface area (Å²) in [5.41, 5.74) is 0.915. The molecule has 1 amide bonds. The second-order valence-corrected chi connectivity index (χ2v) is 7.11. The zero-order valence-corrected chi connectivity index (χ0v) is 14.4. The first-order valence-corrected chi connectivity index (χ1v) is 7.98. The number of benzene rings is 1. The van der Waals surface area contributed by atoms with Gasteiger partial charge in [0.15, 0.2) is 5.60 Å². The molecular weight excluding hydrogens is 308 g/mol. The van der Waals surface area contributed by atoms with Crippen molar-refractivity contribution >= 4 is 18.1 Å². The minimum Gasteiger partial charge on any atom is -0.496 e. The Kier molecular flexibility index (Phi) is 3.66. The van der Waals surface area contributed by atoms with Gasteiger partial charge < -0.3 is 9.47 Å². The lowest BCUT2D eigenvalue weighted by atomic mass is 9.66. The van der Waals surface area contributed by atoms with Crippen molar-refractivity contribution in [2.45, 2.75) is 39.2 Å². The molecule has 128 valence electrons. The van der Waals surface area contributed by atoms with Gasteiger partial charge in [0, 0.05) is 11.0 Å². The van der Waals surface area contributed by atoms with Crippen LogP contribution in [0.1, 0.15) is 39.2 Å². The summed E-state index contributed by atoms with van der Waals surface area (Å²) in [5, 5.41) is 4.02. The number of methoxy groups -OCH3 is 1. The molecule has 0 unspecified atom stereocenters. The van der Waals surface area contributed by atoms with Gasteiger partial charge in [0.05, 0.1) is 18.7 Å². The molecule has 3 rings (SSSR count). The zero-order chi connectivity index (χ0) is 17.6. The van der Waals surface area contributed by atoms with Crippen LogP contribution in [-0.2, 0) is 14.3 Å². The Morgan fingerprint density at radius 3 is 2.58 bits per heavy atom. The molecular formula is C18H22N2O4. The molecule has 2 aliphatic rings. The third kappa shape index (κ3) is 1.98. The molecule has 1 N–H and O–H groups in total. The predicted octanol–water partition coefficient (Wildman–Crippen LogP) is 2.27. The number of hydrogen-bond donors (Lipinski definition) is 1. The number of fused-ring (bicyclic) bond motifs is 2. The van der Waals surface area contributed by atoms with Crippen molar-refractivity contribution in [1.82, 2.24) is 5.43 Å². The molecule has 0 radical (unpaired) electrons. The van der Waals surface area contributed by atoms with E-state index >= 15 is 0 Å². The Labute approximate surface area is 141 Å². The zero-order valence-electron chi connectivity index (χ0n) is 14.4. The molecule has 2 atom stereocenters. The molecule has 1 heterocycles. The molecule has 1 aromatic rings. The first-order chi connectivity index (χ1) is 11.3. The molecule has 6 nitrogen and oxygen atoms in total. The molecule has 0 spiro atoms. The minimum absolute atomic E-state index is 0.303. The minimum atomic E-state index is -1.16. The third-order valence-electron chi connectivity index (χ3n) is 5.96. The molecule has 6 heteroatoms. The van der Waals surface area contributed by atoms with Crippen LogP contribution in [0.25, 0.3) is 0 Å². The number of nitrogens with one attached hydrogen (secondary N) is 1. The lowest BCUT2D eigenvalue weighted by Crippen LogP contribution is -2.52. The molecule has 2 bridgehead atoms. The Hall–Kier alpha value is -2.37. The fourth-order valence-electron chi connectivity index (χ4n) is 3.77. The molecule has 1 aliphatic heterocycles. The van der Waals surface area contributed by atoms with Crippen LogP contribution in [-0.4, -0.2) is 30.8 Å². The third-order valence-corrected chi connectivity index (χ3v) is 5.96. The second-order valence-electron chi connectivity index (χ2n) is 7.11. The Morgan fingerprint density at radius 1 is 1.29 bits per heavy atom. The van der Waals surface area contributed by atoms with Crippen LogP contribution in [0.15, 0.2) is 29.4 Å². The van der Waals surface area contributed by atoms with E-state index in [0.29, 0.717) is 18.6 Å². The molecule has 1 saturated carbocycles. The normalized spacial score (nSPS) is 30.4. The van der Waals surface area contributed by atoms with E-state index in [9.17, 15) is 9.59 Å². The topological polar surface area (TPSA) is 77.0 Å². The van der Waals surface area contributed by atoms with Gasteiger partial charge >= 0.3 is 5.97 Å². The Morgan fingerprint density at radius 2 is 2.00 bits per heavy atom. The van der Waals surface area contributed by atoms with Gasteiger partial charge in [0.1, 0.15) is 5.75 Å². The van der Waals surface area contributed by atoms with Gasteiger partial charge in [-0.1, -0.05) is 26.0 Å². The summed E-state index contributed by atoms with van der Waals surface area (Å²) in [5.74, 6) is -0.0226. The van der Waals surface area contributed by atoms with E-state index in [1.54, 1.807) is 7.11 Å². The molecule has 0 aromatic heterocycles.